The molecule has 1 aromatic rings. The van der Waals surface area contributed by atoms with Crippen LogP contribution in [-0.2, 0) is 16.6 Å². The topological polar surface area (TPSA) is 40.6 Å². The molecule has 0 aromatic heterocycles. The summed E-state index contributed by atoms with van der Waals surface area (Å²) in [6.07, 6.45) is 0.556. The standard InChI is InChI=1S/C10H13FN2O2S/c1-12(2)16(14,15)13-7-6-8-4-3-5-9(11)10(8)13/h3-5H,6-7H2,1-2H3. The summed E-state index contributed by atoms with van der Waals surface area (Å²) in [5.74, 6) is -0.486. The fourth-order valence-corrected chi connectivity index (χ4v) is 2.95. The smallest absolute Gasteiger partial charge is 0.254 e. The lowest BCUT2D eigenvalue weighted by atomic mass is 10.2. The number of hydrogen-bond acceptors (Lipinski definition) is 2. The van der Waals surface area contributed by atoms with E-state index in [0.29, 0.717) is 13.0 Å². The van der Waals surface area contributed by atoms with Gasteiger partial charge in [0.15, 0.2) is 0 Å². The Morgan fingerprint density at radius 3 is 2.69 bits per heavy atom. The van der Waals surface area contributed by atoms with Gasteiger partial charge in [-0.1, -0.05) is 12.1 Å². The molecule has 0 bridgehead atoms. The molecule has 0 spiro atoms. The molecule has 4 nitrogen and oxygen atoms in total. The van der Waals surface area contributed by atoms with Crippen LogP contribution in [0, 0.1) is 5.82 Å². The Bertz CT molecular complexity index is 514. The lowest BCUT2D eigenvalue weighted by Gasteiger charge is -2.23. The fraction of sp³-hybridized carbons (Fsp3) is 0.400. The summed E-state index contributed by atoms with van der Waals surface area (Å²) in [7, 11) is -0.709. The molecule has 6 heteroatoms. The first-order valence-electron chi connectivity index (χ1n) is 4.92. The van der Waals surface area contributed by atoms with Gasteiger partial charge in [0.05, 0.1) is 5.69 Å². The third-order valence-electron chi connectivity index (χ3n) is 2.64. The predicted octanol–water partition coefficient (Wildman–Crippen LogP) is 0.995. The summed E-state index contributed by atoms with van der Waals surface area (Å²) < 4.78 is 39.7. The van der Waals surface area contributed by atoms with Gasteiger partial charge in [0.25, 0.3) is 0 Å². The zero-order valence-corrected chi connectivity index (χ0v) is 9.96. The van der Waals surface area contributed by atoms with Crippen LogP contribution in [0.1, 0.15) is 5.56 Å². The SMILES string of the molecule is CN(C)S(=O)(=O)N1CCc2cccc(F)c21. The van der Waals surface area contributed by atoms with Crippen molar-refractivity contribution < 1.29 is 12.8 Å². The molecular formula is C10H13FN2O2S. The summed E-state index contributed by atoms with van der Waals surface area (Å²) in [5, 5.41) is 0. The largest absolute Gasteiger partial charge is 0.303 e. The number of anilines is 1. The maximum absolute atomic E-state index is 13.6. The predicted molar refractivity (Wildman–Crippen MR) is 60.1 cm³/mol. The minimum absolute atomic E-state index is 0.191. The van der Waals surface area contributed by atoms with E-state index in [1.165, 1.54) is 20.2 Å². The second kappa shape index (κ2) is 3.71. The van der Waals surface area contributed by atoms with E-state index in [1.807, 2.05) is 0 Å². The molecule has 0 unspecified atom stereocenters. The molecule has 88 valence electrons. The van der Waals surface area contributed by atoms with Gasteiger partial charge < -0.3 is 0 Å². The van der Waals surface area contributed by atoms with E-state index in [9.17, 15) is 12.8 Å². The molecule has 1 aliphatic heterocycles. The first-order chi connectivity index (χ1) is 7.44. The Kier molecular flexibility index (Phi) is 2.63. The third-order valence-corrected chi connectivity index (χ3v) is 4.49. The minimum Gasteiger partial charge on any atom is -0.254 e. The van der Waals surface area contributed by atoms with E-state index in [4.69, 9.17) is 0 Å². The van der Waals surface area contributed by atoms with Crippen molar-refractivity contribution in [1.82, 2.24) is 4.31 Å². The zero-order chi connectivity index (χ0) is 11.9. The first-order valence-corrected chi connectivity index (χ1v) is 6.32. The maximum Gasteiger partial charge on any atom is 0.303 e. The summed E-state index contributed by atoms with van der Waals surface area (Å²) in [4.78, 5) is 0. The number of halogens is 1. The summed E-state index contributed by atoms with van der Waals surface area (Å²) >= 11 is 0. The fourth-order valence-electron chi connectivity index (χ4n) is 1.80. The highest BCUT2D eigenvalue weighted by Crippen LogP contribution is 2.33. The Morgan fingerprint density at radius 2 is 2.06 bits per heavy atom. The van der Waals surface area contributed by atoms with Crippen LogP contribution in [0.15, 0.2) is 18.2 Å². The van der Waals surface area contributed by atoms with E-state index in [-0.39, 0.29) is 5.69 Å². The molecular weight excluding hydrogens is 231 g/mol. The third kappa shape index (κ3) is 1.58. The van der Waals surface area contributed by atoms with Crippen LogP contribution in [-0.4, -0.2) is 33.4 Å². The maximum atomic E-state index is 13.6. The molecule has 0 atom stereocenters. The molecule has 0 radical (unpaired) electrons. The molecule has 2 rings (SSSR count). The van der Waals surface area contributed by atoms with Gasteiger partial charge in [0.2, 0.25) is 0 Å². The minimum atomic E-state index is -3.59. The van der Waals surface area contributed by atoms with Crippen molar-refractivity contribution in [3.8, 4) is 0 Å². The molecule has 0 fully saturated rings. The van der Waals surface area contributed by atoms with E-state index in [2.05, 4.69) is 0 Å². The van der Waals surface area contributed by atoms with Gasteiger partial charge in [0.1, 0.15) is 5.82 Å². The van der Waals surface area contributed by atoms with Crippen molar-refractivity contribution >= 4 is 15.9 Å². The number of fused-ring (bicyclic) bond motifs is 1. The van der Waals surface area contributed by atoms with Gasteiger partial charge in [-0.3, -0.25) is 4.31 Å². The summed E-state index contributed by atoms with van der Waals surface area (Å²) in [6.45, 7) is 0.302. The van der Waals surface area contributed by atoms with Crippen molar-refractivity contribution in [2.45, 2.75) is 6.42 Å². The van der Waals surface area contributed by atoms with Crippen molar-refractivity contribution in [3.63, 3.8) is 0 Å². The number of benzene rings is 1. The molecule has 0 aliphatic carbocycles. The van der Waals surface area contributed by atoms with Gasteiger partial charge in [0, 0.05) is 20.6 Å². The van der Waals surface area contributed by atoms with Crippen LogP contribution >= 0.6 is 0 Å². The van der Waals surface area contributed by atoms with Crippen LogP contribution in [0.2, 0.25) is 0 Å². The highest BCUT2D eigenvalue weighted by molar-refractivity contribution is 7.90. The van der Waals surface area contributed by atoms with Crippen LogP contribution in [0.3, 0.4) is 0 Å². The molecule has 1 heterocycles. The van der Waals surface area contributed by atoms with E-state index >= 15 is 0 Å². The van der Waals surface area contributed by atoms with Crippen molar-refractivity contribution in [2.24, 2.45) is 0 Å². The number of para-hydroxylation sites is 1. The molecule has 0 N–H and O–H groups in total. The molecule has 1 aliphatic rings. The number of hydrogen-bond donors (Lipinski definition) is 0. The summed E-state index contributed by atoms with van der Waals surface area (Å²) in [5.41, 5.74) is 0.932. The van der Waals surface area contributed by atoms with Gasteiger partial charge in [-0.15, -0.1) is 0 Å². The number of nitrogens with zero attached hydrogens (tertiary/aromatic N) is 2. The second-order valence-corrected chi connectivity index (χ2v) is 5.93. The Hall–Kier alpha value is -1.14. The molecule has 1 aromatic carbocycles. The highest BCUT2D eigenvalue weighted by Gasteiger charge is 2.33. The quantitative estimate of drug-likeness (QED) is 0.778. The van der Waals surface area contributed by atoms with Crippen LogP contribution < -0.4 is 4.31 Å². The van der Waals surface area contributed by atoms with Crippen LogP contribution in [0.4, 0.5) is 10.1 Å². The average molecular weight is 244 g/mol. The van der Waals surface area contributed by atoms with E-state index in [1.54, 1.807) is 12.1 Å². The zero-order valence-electron chi connectivity index (χ0n) is 9.14. The van der Waals surface area contributed by atoms with Gasteiger partial charge in [-0.25, -0.2) is 4.39 Å². The Balaban J connectivity index is 2.53. The lowest BCUT2D eigenvalue weighted by Crippen LogP contribution is -2.39. The van der Waals surface area contributed by atoms with Gasteiger partial charge >= 0.3 is 10.2 Å². The van der Waals surface area contributed by atoms with Crippen molar-refractivity contribution in [2.75, 3.05) is 24.9 Å². The van der Waals surface area contributed by atoms with Crippen molar-refractivity contribution in [1.29, 1.82) is 0 Å². The second-order valence-electron chi connectivity index (χ2n) is 3.86. The van der Waals surface area contributed by atoms with E-state index in [0.717, 1.165) is 14.2 Å². The van der Waals surface area contributed by atoms with E-state index < -0.39 is 16.0 Å². The molecule has 0 saturated carbocycles. The first kappa shape index (κ1) is 11.3. The van der Waals surface area contributed by atoms with Gasteiger partial charge in [-0.05, 0) is 18.1 Å². The monoisotopic (exact) mass is 244 g/mol. The molecule has 16 heavy (non-hydrogen) atoms. The normalized spacial score (nSPS) is 15.6. The van der Waals surface area contributed by atoms with Crippen LogP contribution in [0.5, 0.6) is 0 Å². The molecule has 0 amide bonds. The van der Waals surface area contributed by atoms with Gasteiger partial charge in [-0.2, -0.15) is 12.7 Å². The summed E-state index contributed by atoms with van der Waals surface area (Å²) in [6, 6.07) is 4.63. The Morgan fingerprint density at radius 1 is 1.38 bits per heavy atom. The number of rotatable bonds is 2. The average Bonchev–Trinajstić information content (AvgIpc) is 2.63. The van der Waals surface area contributed by atoms with Crippen LogP contribution in [0.25, 0.3) is 0 Å². The van der Waals surface area contributed by atoms with Crippen molar-refractivity contribution in [3.05, 3.63) is 29.6 Å². The molecule has 0 saturated heterocycles. The lowest BCUT2D eigenvalue weighted by molar-refractivity contribution is 0.515. The Labute approximate surface area is 94.5 Å². The highest BCUT2D eigenvalue weighted by atomic mass is 32.2.